The van der Waals surface area contributed by atoms with E-state index >= 15 is 0 Å². The number of nitrogens with one attached hydrogen (secondary N) is 2. The zero-order valence-electron chi connectivity index (χ0n) is 28.6. The first-order valence-electron chi connectivity index (χ1n) is 16.8. The number of fused-ring (bicyclic) bond motifs is 2. The highest BCUT2D eigenvalue weighted by atomic mass is 16.3. The van der Waals surface area contributed by atoms with Gasteiger partial charge in [0.25, 0.3) is 0 Å². The summed E-state index contributed by atoms with van der Waals surface area (Å²) in [6.45, 7) is 4.45. The second-order valence-corrected chi connectivity index (χ2v) is 12.1. The van der Waals surface area contributed by atoms with Crippen molar-refractivity contribution in [3.8, 4) is 22.5 Å². The normalized spacial score (nSPS) is 11.5. The summed E-state index contributed by atoms with van der Waals surface area (Å²) in [5.74, 6) is 1.52. The molecule has 52 heavy (non-hydrogen) atoms. The van der Waals surface area contributed by atoms with Gasteiger partial charge in [0.1, 0.15) is 11.6 Å². The SMILES string of the molecule is CC(=O)c1cnn2c(NCc3cccnc3)cc(-c3ccccc3)nc12.CC(O)c1cnn2c(NCc3cccnc3)cc(-c3ccccc3)nc12. The van der Waals surface area contributed by atoms with E-state index in [2.05, 4.69) is 35.8 Å². The van der Waals surface area contributed by atoms with Crippen LogP contribution in [0.25, 0.3) is 33.8 Å². The van der Waals surface area contributed by atoms with Gasteiger partial charge in [-0.15, -0.1) is 0 Å². The van der Waals surface area contributed by atoms with Crippen LogP contribution in [0.15, 0.2) is 134 Å². The summed E-state index contributed by atoms with van der Waals surface area (Å²) in [6, 6.07) is 31.6. The second kappa shape index (κ2) is 15.4. The van der Waals surface area contributed by atoms with Crippen molar-refractivity contribution in [2.45, 2.75) is 33.0 Å². The van der Waals surface area contributed by atoms with Gasteiger partial charge < -0.3 is 15.7 Å². The standard InChI is InChI=1S/C20H19N5O.C20H17N5O/c2*1-14(26)17-13-23-25-19(22-12-15-6-5-9-21-11-15)10-18(24-20(17)25)16-7-3-2-4-8-16/h2-11,13-14,22,26H,12H2,1H3;2-11,13,22H,12H2,1H3. The first-order valence-corrected chi connectivity index (χ1v) is 16.8. The maximum Gasteiger partial charge on any atom is 0.168 e. The summed E-state index contributed by atoms with van der Waals surface area (Å²) in [5.41, 5.74) is 8.14. The molecule has 8 aromatic rings. The molecule has 0 bridgehead atoms. The predicted octanol–water partition coefficient (Wildman–Crippen LogP) is 7.06. The largest absolute Gasteiger partial charge is 0.389 e. The zero-order valence-corrected chi connectivity index (χ0v) is 28.6. The Kier molecular flexibility index (Phi) is 9.98. The maximum atomic E-state index is 11.9. The first kappa shape index (κ1) is 33.7. The average molecular weight is 689 g/mol. The smallest absolute Gasteiger partial charge is 0.168 e. The molecule has 258 valence electrons. The summed E-state index contributed by atoms with van der Waals surface area (Å²) in [6.07, 6.45) is 9.73. The Labute approximate surface area is 299 Å². The van der Waals surface area contributed by atoms with E-state index in [0.29, 0.717) is 35.5 Å². The van der Waals surface area contributed by atoms with E-state index in [1.54, 1.807) is 40.7 Å². The van der Waals surface area contributed by atoms with E-state index in [0.717, 1.165) is 45.3 Å². The van der Waals surface area contributed by atoms with E-state index in [9.17, 15) is 9.90 Å². The van der Waals surface area contributed by atoms with Gasteiger partial charge in [-0.1, -0.05) is 72.8 Å². The van der Waals surface area contributed by atoms with Crippen LogP contribution in [0.2, 0.25) is 0 Å². The number of rotatable bonds is 10. The van der Waals surface area contributed by atoms with Gasteiger partial charge in [-0.2, -0.15) is 19.2 Å². The summed E-state index contributed by atoms with van der Waals surface area (Å²) in [7, 11) is 0. The third kappa shape index (κ3) is 7.52. The Balaban J connectivity index is 0.000000162. The lowest BCUT2D eigenvalue weighted by Crippen LogP contribution is -2.07. The fraction of sp³-hybridized carbons (Fsp3) is 0.125. The third-order valence-electron chi connectivity index (χ3n) is 8.33. The van der Waals surface area contributed by atoms with Gasteiger partial charge in [0.05, 0.1) is 35.4 Å². The molecule has 0 amide bonds. The van der Waals surface area contributed by atoms with Crippen molar-refractivity contribution in [2.24, 2.45) is 0 Å². The number of anilines is 2. The topological polar surface area (TPSA) is 148 Å². The van der Waals surface area contributed by atoms with E-state index in [4.69, 9.17) is 4.98 Å². The minimum Gasteiger partial charge on any atom is -0.389 e. The Morgan fingerprint density at radius 3 is 1.65 bits per heavy atom. The average Bonchev–Trinajstić information content (AvgIpc) is 3.83. The summed E-state index contributed by atoms with van der Waals surface area (Å²) in [4.78, 5) is 29.6. The Bertz CT molecular complexity index is 2410. The number of Topliss-reactive ketones (excluding diaryl/α,β-unsaturated/α-hetero) is 1. The zero-order chi connectivity index (χ0) is 35.9. The Morgan fingerprint density at radius 1 is 0.673 bits per heavy atom. The van der Waals surface area contributed by atoms with Crippen LogP contribution in [-0.4, -0.2) is 50.1 Å². The van der Waals surface area contributed by atoms with E-state index in [-0.39, 0.29) is 5.78 Å². The quantitative estimate of drug-likeness (QED) is 0.128. The lowest BCUT2D eigenvalue weighted by atomic mass is 10.1. The monoisotopic (exact) mass is 688 g/mol. The second-order valence-electron chi connectivity index (χ2n) is 12.1. The van der Waals surface area contributed by atoms with E-state index in [1.807, 2.05) is 109 Å². The summed E-state index contributed by atoms with van der Waals surface area (Å²) >= 11 is 0. The van der Waals surface area contributed by atoms with Crippen LogP contribution >= 0.6 is 0 Å². The number of ketones is 1. The molecular formula is C40H36N10O2. The van der Waals surface area contributed by atoms with Gasteiger partial charge in [0.2, 0.25) is 0 Å². The number of nitrogens with zero attached hydrogens (tertiary/aromatic N) is 8. The van der Waals surface area contributed by atoms with Crippen LogP contribution in [-0.2, 0) is 13.1 Å². The van der Waals surface area contributed by atoms with Crippen molar-refractivity contribution in [2.75, 3.05) is 10.6 Å². The molecule has 0 aliphatic carbocycles. The van der Waals surface area contributed by atoms with E-state index in [1.165, 1.54) is 6.92 Å². The van der Waals surface area contributed by atoms with Crippen molar-refractivity contribution in [1.29, 1.82) is 0 Å². The Morgan fingerprint density at radius 2 is 1.17 bits per heavy atom. The number of hydrogen-bond acceptors (Lipinski definition) is 10. The van der Waals surface area contributed by atoms with Gasteiger partial charge in [0.15, 0.2) is 17.1 Å². The molecule has 0 saturated carbocycles. The molecule has 6 heterocycles. The molecule has 12 nitrogen and oxygen atoms in total. The van der Waals surface area contributed by atoms with Crippen molar-refractivity contribution < 1.29 is 9.90 Å². The molecule has 1 atom stereocenters. The lowest BCUT2D eigenvalue weighted by molar-refractivity contribution is 0.101. The van der Waals surface area contributed by atoms with Crippen molar-refractivity contribution >= 4 is 28.7 Å². The number of carbonyl (C=O) groups is 1. The van der Waals surface area contributed by atoms with Crippen LogP contribution in [0.1, 0.15) is 47.0 Å². The molecule has 6 aromatic heterocycles. The number of aromatic nitrogens is 8. The molecule has 0 aliphatic rings. The van der Waals surface area contributed by atoms with Gasteiger partial charge in [-0.05, 0) is 37.1 Å². The molecule has 1 unspecified atom stereocenters. The lowest BCUT2D eigenvalue weighted by Gasteiger charge is -2.12. The number of hydrogen-bond donors (Lipinski definition) is 3. The van der Waals surface area contributed by atoms with Gasteiger partial charge >= 0.3 is 0 Å². The molecule has 0 spiro atoms. The third-order valence-corrected chi connectivity index (χ3v) is 8.33. The molecule has 0 aliphatic heterocycles. The number of benzene rings is 2. The molecule has 0 radical (unpaired) electrons. The fourth-order valence-corrected chi connectivity index (χ4v) is 5.64. The number of pyridine rings is 2. The fourth-order valence-electron chi connectivity index (χ4n) is 5.64. The maximum absolute atomic E-state index is 11.9. The van der Waals surface area contributed by atoms with Gasteiger partial charge in [-0.3, -0.25) is 14.8 Å². The number of aliphatic hydroxyl groups excluding tert-OH is 1. The molecular weight excluding hydrogens is 653 g/mol. The predicted molar refractivity (Wildman–Crippen MR) is 201 cm³/mol. The molecule has 0 saturated heterocycles. The van der Waals surface area contributed by atoms with Crippen LogP contribution in [0.4, 0.5) is 11.6 Å². The highest BCUT2D eigenvalue weighted by Crippen LogP contribution is 2.27. The number of carbonyl (C=O) groups excluding carboxylic acids is 1. The minimum atomic E-state index is -0.641. The van der Waals surface area contributed by atoms with E-state index < -0.39 is 6.10 Å². The van der Waals surface area contributed by atoms with Gasteiger partial charge in [0, 0.05) is 66.7 Å². The Hall–Kier alpha value is -6.79. The number of aliphatic hydroxyl groups is 1. The van der Waals surface area contributed by atoms with Crippen LogP contribution in [0.5, 0.6) is 0 Å². The van der Waals surface area contributed by atoms with Crippen LogP contribution in [0, 0.1) is 0 Å². The highest BCUT2D eigenvalue weighted by Gasteiger charge is 2.17. The first-order chi connectivity index (χ1) is 25.4. The van der Waals surface area contributed by atoms with Gasteiger partial charge in [-0.25, -0.2) is 9.97 Å². The summed E-state index contributed by atoms with van der Waals surface area (Å²) < 4.78 is 3.39. The molecule has 12 heteroatoms. The molecule has 8 rings (SSSR count). The van der Waals surface area contributed by atoms with Crippen LogP contribution in [0.3, 0.4) is 0 Å². The highest BCUT2D eigenvalue weighted by molar-refractivity contribution is 6.00. The summed E-state index contributed by atoms with van der Waals surface area (Å²) in [5, 5.41) is 25.6. The minimum absolute atomic E-state index is 0.0593. The van der Waals surface area contributed by atoms with Crippen molar-refractivity contribution in [1.82, 2.24) is 39.2 Å². The molecule has 3 N–H and O–H groups in total. The van der Waals surface area contributed by atoms with Crippen molar-refractivity contribution in [3.05, 3.63) is 156 Å². The molecule has 0 fully saturated rings. The van der Waals surface area contributed by atoms with Crippen LogP contribution < -0.4 is 10.6 Å². The molecule has 2 aromatic carbocycles. The van der Waals surface area contributed by atoms with Crippen molar-refractivity contribution in [3.63, 3.8) is 0 Å².